The number of hydrogen-bond acceptors (Lipinski definition) is 3. The molecule has 0 aromatic heterocycles. The summed E-state index contributed by atoms with van der Waals surface area (Å²) in [6.07, 6.45) is 16.7. The Morgan fingerprint density at radius 3 is 2.09 bits per heavy atom. The maximum atomic E-state index is 6.43. The van der Waals surface area contributed by atoms with Crippen LogP contribution >= 0.6 is 0 Å². The third kappa shape index (κ3) is 9.70. The molecule has 0 amide bonds. The Balaban J connectivity index is 0.000000186. The topological polar surface area (TPSA) is 64.1 Å². The monoisotopic (exact) mass is 743 g/mol. The van der Waals surface area contributed by atoms with Crippen molar-refractivity contribution in [2.24, 2.45) is 5.73 Å². The first kappa shape index (κ1) is 39.8. The Hall–Kier alpha value is -6.84. The van der Waals surface area contributed by atoms with Gasteiger partial charge in [0.2, 0.25) is 0 Å². The van der Waals surface area contributed by atoms with Crippen molar-refractivity contribution < 1.29 is 0 Å². The van der Waals surface area contributed by atoms with Crippen LogP contribution in [0.1, 0.15) is 43.4 Å². The first-order chi connectivity index (χ1) is 28.0. The van der Waals surface area contributed by atoms with E-state index in [0.29, 0.717) is 0 Å². The summed E-state index contributed by atoms with van der Waals surface area (Å²) in [7, 11) is 0. The van der Waals surface area contributed by atoms with Crippen LogP contribution in [0, 0.1) is 6.92 Å². The largest absolute Gasteiger partial charge is 0.398 e. The fourth-order valence-corrected chi connectivity index (χ4v) is 7.27. The molecular formula is C54H53N3. The average Bonchev–Trinajstić information content (AvgIpc) is 3.27. The van der Waals surface area contributed by atoms with Crippen LogP contribution in [0.4, 0.5) is 11.4 Å². The summed E-state index contributed by atoms with van der Waals surface area (Å²) >= 11 is 0. The number of nitrogen functional groups attached to an aromatic ring is 1. The van der Waals surface area contributed by atoms with Crippen molar-refractivity contribution in [3.05, 3.63) is 217 Å². The van der Waals surface area contributed by atoms with E-state index in [-0.39, 0.29) is 6.04 Å². The van der Waals surface area contributed by atoms with Crippen LogP contribution in [0.25, 0.3) is 55.6 Å². The van der Waals surface area contributed by atoms with E-state index in [2.05, 4.69) is 146 Å². The minimum atomic E-state index is 0.0581. The van der Waals surface area contributed by atoms with Gasteiger partial charge in [-0.15, -0.1) is 0 Å². The predicted molar refractivity (Wildman–Crippen MR) is 251 cm³/mol. The van der Waals surface area contributed by atoms with Crippen molar-refractivity contribution in [1.82, 2.24) is 0 Å². The van der Waals surface area contributed by atoms with Gasteiger partial charge in [0.1, 0.15) is 0 Å². The van der Waals surface area contributed by atoms with Crippen molar-refractivity contribution >= 4 is 44.7 Å². The lowest BCUT2D eigenvalue weighted by Crippen LogP contribution is -2.22. The van der Waals surface area contributed by atoms with E-state index in [1.807, 2.05) is 80.6 Å². The summed E-state index contributed by atoms with van der Waals surface area (Å²) in [6, 6.07) is 52.5. The number of benzene rings is 7. The molecule has 1 unspecified atom stereocenters. The maximum absolute atomic E-state index is 6.43. The molecule has 1 atom stereocenters. The predicted octanol–water partition coefficient (Wildman–Crippen LogP) is 14.2. The first-order valence-corrected chi connectivity index (χ1v) is 19.9. The number of rotatable bonds is 9. The van der Waals surface area contributed by atoms with E-state index in [9.17, 15) is 0 Å². The third-order valence-corrected chi connectivity index (χ3v) is 10.1. The minimum Gasteiger partial charge on any atom is -0.398 e. The molecule has 0 spiro atoms. The molecule has 0 radical (unpaired) electrons. The summed E-state index contributed by atoms with van der Waals surface area (Å²) < 4.78 is 0. The van der Waals surface area contributed by atoms with Gasteiger partial charge in [0.25, 0.3) is 0 Å². The molecule has 284 valence electrons. The normalized spacial score (nSPS) is 12.9. The lowest BCUT2D eigenvalue weighted by molar-refractivity contribution is 0.867. The molecule has 57 heavy (non-hydrogen) atoms. The van der Waals surface area contributed by atoms with Crippen LogP contribution in [0.5, 0.6) is 0 Å². The molecule has 3 nitrogen and oxygen atoms in total. The highest BCUT2D eigenvalue weighted by Gasteiger charge is 2.16. The zero-order valence-electron chi connectivity index (χ0n) is 33.3. The van der Waals surface area contributed by atoms with Crippen LogP contribution in [0.3, 0.4) is 0 Å². The van der Waals surface area contributed by atoms with Gasteiger partial charge in [-0.3, -0.25) is 0 Å². The zero-order chi connectivity index (χ0) is 40.0. The molecule has 7 aromatic carbocycles. The average molecular weight is 744 g/mol. The van der Waals surface area contributed by atoms with Gasteiger partial charge in [-0.05, 0) is 111 Å². The number of anilines is 2. The van der Waals surface area contributed by atoms with E-state index in [1.54, 1.807) is 0 Å². The molecule has 0 bridgehead atoms. The number of fused-ring (bicyclic) bond motifs is 3. The van der Waals surface area contributed by atoms with Gasteiger partial charge >= 0.3 is 0 Å². The molecule has 0 saturated carbocycles. The number of nitrogens with one attached hydrogen (secondary N) is 1. The minimum absolute atomic E-state index is 0.0581. The first-order valence-electron chi connectivity index (χ1n) is 19.9. The number of nitrogens with two attached hydrogens (primary N) is 2. The van der Waals surface area contributed by atoms with Crippen LogP contribution in [-0.2, 0) is 0 Å². The van der Waals surface area contributed by atoms with Gasteiger partial charge in [-0.25, -0.2) is 0 Å². The van der Waals surface area contributed by atoms with Crippen molar-refractivity contribution in [2.45, 2.75) is 39.7 Å². The second kappa shape index (κ2) is 19.7. The van der Waals surface area contributed by atoms with Gasteiger partial charge in [0.05, 0.1) is 6.04 Å². The molecule has 1 aliphatic rings. The number of para-hydroxylation sites is 1. The quantitative estimate of drug-likeness (QED) is 0.0784. The van der Waals surface area contributed by atoms with Crippen LogP contribution in [0.2, 0.25) is 0 Å². The molecule has 0 aliphatic heterocycles. The van der Waals surface area contributed by atoms with Gasteiger partial charge in [-0.1, -0.05) is 184 Å². The Kier molecular flexibility index (Phi) is 13.7. The smallest absolute Gasteiger partial charge is 0.0683 e. The maximum Gasteiger partial charge on any atom is 0.0683 e. The van der Waals surface area contributed by atoms with Gasteiger partial charge in [-0.2, -0.15) is 0 Å². The molecule has 3 heteroatoms. The summed E-state index contributed by atoms with van der Waals surface area (Å²) in [5.74, 6) is 0. The summed E-state index contributed by atoms with van der Waals surface area (Å²) in [6.45, 7) is 9.97. The van der Waals surface area contributed by atoms with E-state index >= 15 is 0 Å². The number of aryl methyl sites for hydroxylation is 1. The van der Waals surface area contributed by atoms with E-state index < -0.39 is 0 Å². The highest BCUT2D eigenvalue weighted by molar-refractivity contribution is 6.17. The van der Waals surface area contributed by atoms with E-state index in [4.69, 9.17) is 11.5 Å². The van der Waals surface area contributed by atoms with E-state index in [1.165, 1.54) is 54.9 Å². The summed E-state index contributed by atoms with van der Waals surface area (Å²) in [5, 5.41) is 8.63. The molecule has 1 aliphatic carbocycles. The molecule has 0 saturated heterocycles. The molecule has 0 fully saturated rings. The van der Waals surface area contributed by atoms with Crippen molar-refractivity contribution in [3.8, 4) is 22.3 Å². The lowest BCUT2D eigenvalue weighted by Gasteiger charge is -2.22. The van der Waals surface area contributed by atoms with Crippen LogP contribution in [0.15, 0.2) is 200 Å². The Morgan fingerprint density at radius 1 is 0.719 bits per heavy atom. The lowest BCUT2D eigenvalue weighted by atomic mass is 9.88. The summed E-state index contributed by atoms with van der Waals surface area (Å²) in [4.78, 5) is 0. The summed E-state index contributed by atoms with van der Waals surface area (Å²) in [5.41, 5.74) is 25.0. The van der Waals surface area contributed by atoms with Crippen LogP contribution < -0.4 is 16.8 Å². The highest BCUT2D eigenvalue weighted by Crippen LogP contribution is 2.40. The molecular weight excluding hydrogens is 691 g/mol. The Morgan fingerprint density at radius 2 is 1.39 bits per heavy atom. The zero-order valence-corrected chi connectivity index (χ0v) is 33.3. The van der Waals surface area contributed by atoms with Crippen molar-refractivity contribution in [3.63, 3.8) is 0 Å². The standard InChI is InChI=1S/C27H26N2.C25H21N.C2H6/c28-26(23-12-6-2-7-13-23)20-27(24-14-8-3-9-15-24)29-25-18-16-22(17-19-25)21-10-4-1-5-11-21;1-3-4-10-19-17(2)14-15-22-20-11-6-5-9-18(20)16-23(25(19)22)21-12-7-8-13-24(21)26;1-2/h1-8,10-14,16-20,27,29H,9,15,28H2;3-16H,1,26H2,2H3;1-2H3/b26-20-;10-4-;. The molecule has 0 heterocycles. The van der Waals surface area contributed by atoms with Gasteiger partial charge in [0.15, 0.2) is 0 Å². The third-order valence-electron chi connectivity index (χ3n) is 10.1. The van der Waals surface area contributed by atoms with Crippen molar-refractivity contribution in [1.29, 1.82) is 0 Å². The Labute approximate surface area is 339 Å². The highest BCUT2D eigenvalue weighted by atomic mass is 14.9. The fourth-order valence-electron chi connectivity index (χ4n) is 7.27. The number of hydrogen-bond donors (Lipinski definition) is 3. The van der Waals surface area contributed by atoms with Gasteiger partial charge in [0, 0.05) is 22.6 Å². The van der Waals surface area contributed by atoms with Crippen LogP contribution in [-0.4, -0.2) is 6.04 Å². The second-order valence-corrected chi connectivity index (χ2v) is 13.8. The molecule has 8 rings (SSSR count). The molecule has 7 aromatic rings. The SMILES string of the molecule is C=C/C=C\c1c(C)ccc2c1c(-c1ccccc1N)cc1ccccc12.CC.N/C(=C\C(Nc1ccc(-c2ccccc2)cc1)C1=CC=CCC1)c1ccccc1. The fraction of sp³-hybridized carbons (Fsp3) is 0.111. The second-order valence-electron chi connectivity index (χ2n) is 13.8. The number of allylic oxidation sites excluding steroid dienone is 5. The Bertz CT molecular complexity index is 2540. The van der Waals surface area contributed by atoms with Crippen molar-refractivity contribution in [2.75, 3.05) is 11.1 Å². The molecule has 5 N–H and O–H groups in total. The van der Waals surface area contributed by atoms with Gasteiger partial charge < -0.3 is 16.8 Å². The van der Waals surface area contributed by atoms with E-state index in [0.717, 1.165) is 41.0 Å².